The van der Waals surface area contributed by atoms with Crippen molar-refractivity contribution in [2.24, 2.45) is 17.6 Å². The summed E-state index contributed by atoms with van der Waals surface area (Å²) in [4.78, 5) is 25.5. The third-order valence-electron chi connectivity index (χ3n) is 7.33. The Morgan fingerprint density at radius 3 is 2.32 bits per heavy atom. The third kappa shape index (κ3) is 5.63. The van der Waals surface area contributed by atoms with Crippen LogP contribution in [0.1, 0.15) is 62.8 Å². The lowest BCUT2D eigenvalue weighted by Crippen LogP contribution is -2.40. The fraction of sp³-hybridized carbons (Fsp3) is 0.667. The molecule has 2 saturated heterocycles. The van der Waals surface area contributed by atoms with Crippen LogP contribution >= 0.6 is 0 Å². The van der Waals surface area contributed by atoms with Crippen LogP contribution in [0.25, 0.3) is 0 Å². The lowest BCUT2D eigenvalue weighted by molar-refractivity contribution is -0.134. The molecule has 0 spiro atoms. The van der Waals surface area contributed by atoms with Crippen molar-refractivity contribution in [1.82, 2.24) is 10.6 Å². The second kappa shape index (κ2) is 10.1. The van der Waals surface area contributed by atoms with E-state index in [1.54, 1.807) is 6.07 Å². The van der Waals surface area contributed by atoms with Gasteiger partial charge in [0.2, 0.25) is 11.8 Å². The molecule has 4 rings (SSSR count). The van der Waals surface area contributed by atoms with Gasteiger partial charge in [0.25, 0.3) is 0 Å². The van der Waals surface area contributed by atoms with Gasteiger partial charge in [-0.15, -0.1) is 0 Å². The van der Waals surface area contributed by atoms with Crippen LogP contribution in [0, 0.1) is 17.7 Å². The summed E-state index contributed by atoms with van der Waals surface area (Å²) in [5, 5.41) is 6.01. The topological polar surface area (TPSA) is 87.5 Å². The maximum atomic E-state index is 14.9. The second-order valence-electron chi connectivity index (χ2n) is 9.58. The lowest BCUT2D eigenvalue weighted by atomic mass is 9.86. The largest absolute Gasteiger partial charge is 0.369 e. The summed E-state index contributed by atoms with van der Waals surface area (Å²) in [7, 11) is 0. The molecule has 1 aromatic rings. The van der Waals surface area contributed by atoms with Gasteiger partial charge in [0.05, 0.1) is 11.6 Å². The van der Waals surface area contributed by atoms with Crippen molar-refractivity contribution in [1.29, 1.82) is 0 Å². The van der Waals surface area contributed by atoms with E-state index < -0.39 is 5.92 Å². The molecule has 1 saturated carbocycles. The Kier molecular flexibility index (Phi) is 7.23. The zero-order valence-electron chi connectivity index (χ0n) is 18.2. The number of hydrogen-bond acceptors (Lipinski definition) is 5. The van der Waals surface area contributed by atoms with Gasteiger partial charge in [0.15, 0.2) is 0 Å². The minimum absolute atomic E-state index is 0.251. The van der Waals surface area contributed by atoms with E-state index in [1.807, 2.05) is 6.07 Å². The van der Waals surface area contributed by atoms with Crippen molar-refractivity contribution in [3.63, 3.8) is 0 Å². The number of nitrogens with two attached hydrogens (primary N) is 1. The minimum Gasteiger partial charge on any atom is -0.369 e. The summed E-state index contributed by atoms with van der Waals surface area (Å²) >= 11 is 0. The number of imide groups is 1. The van der Waals surface area contributed by atoms with Gasteiger partial charge in [-0.25, -0.2) is 4.39 Å². The molecule has 1 unspecified atom stereocenters. The van der Waals surface area contributed by atoms with Crippen LogP contribution < -0.4 is 21.3 Å². The number of nitrogens with zero attached hydrogens (tertiary/aromatic N) is 1. The van der Waals surface area contributed by atoms with Crippen LogP contribution in [0.2, 0.25) is 0 Å². The van der Waals surface area contributed by atoms with E-state index in [0.717, 1.165) is 57.8 Å². The zero-order valence-corrected chi connectivity index (χ0v) is 18.2. The number of piperidine rings is 2. The maximum Gasteiger partial charge on any atom is 0.234 e. The fourth-order valence-corrected chi connectivity index (χ4v) is 5.27. The minimum atomic E-state index is -0.446. The van der Waals surface area contributed by atoms with Crippen LogP contribution in [-0.2, 0) is 9.59 Å². The van der Waals surface area contributed by atoms with Crippen molar-refractivity contribution in [2.75, 3.05) is 31.1 Å². The Labute approximate surface area is 184 Å². The smallest absolute Gasteiger partial charge is 0.234 e. The second-order valence-corrected chi connectivity index (χ2v) is 9.58. The van der Waals surface area contributed by atoms with E-state index in [0.29, 0.717) is 36.1 Å². The van der Waals surface area contributed by atoms with Crippen molar-refractivity contribution < 1.29 is 14.0 Å². The van der Waals surface area contributed by atoms with Crippen molar-refractivity contribution in [2.45, 2.75) is 63.3 Å². The average molecular weight is 431 g/mol. The number of carbonyl (C=O) groups is 2. The van der Waals surface area contributed by atoms with Gasteiger partial charge in [-0.3, -0.25) is 14.9 Å². The van der Waals surface area contributed by atoms with Crippen molar-refractivity contribution >= 4 is 17.5 Å². The molecule has 3 aliphatic rings. The molecule has 0 radical (unpaired) electrons. The Balaban J connectivity index is 1.24. The van der Waals surface area contributed by atoms with E-state index in [1.165, 1.54) is 18.9 Å². The quantitative estimate of drug-likeness (QED) is 0.604. The summed E-state index contributed by atoms with van der Waals surface area (Å²) in [6, 6.07) is 5.50. The molecule has 31 heavy (non-hydrogen) atoms. The van der Waals surface area contributed by atoms with E-state index in [9.17, 15) is 14.0 Å². The first kappa shape index (κ1) is 22.2. The predicted octanol–water partition coefficient (Wildman–Crippen LogP) is 2.67. The number of carbonyl (C=O) groups excluding carboxylic acids is 2. The SMILES string of the molecule is NC1CCC(CNCC2CCN(c3ccc(C4CCC(=O)NC4=O)cc3F)CC2)CC1. The highest BCUT2D eigenvalue weighted by molar-refractivity contribution is 6.00. The number of anilines is 1. The van der Waals surface area contributed by atoms with Gasteiger partial charge in [-0.05, 0) is 87.6 Å². The number of nitrogens with one attached hydrogen (secondary N) is 2. The molecule has 1 aromatic carbocycles. The molecule has 2 amide bonds. The Bertz CT molecular complexity index is 786. The highest BCUT2D eigenvalue weighted by Gasteiger charge is 2.29. The Morgan fingerprint density at radius 1 is 1.00 bits per heavy atom. The van der Waals surface area contributed by atoms with Crippen LogP contribution in [-0.4, -0.2) is 44.0 Å². The highest BCUT2D eigenvalue weighted by atomic mass is 19.1. The van der Waals surface area contributed by atoms with Gasteiger partial charge in [-0.2, -0.15) is 0 Å². The van der Waals surface area contributed by atoms with E-state index in [4.69, 9.17) is 5.73 Å². The molecule has 7 heteroatoms. The van der Waals surface area contributed by atoms with Gasteiger partial charge in [-0.1, -0.05) is 6.07 Å². The van der Waals surface area contributed by atoms with E-state index in [2.05, 4.69) is 15.5 Å². The Hall–Kier alpha value is -1.99. The normalized spacial score (nSPS) is 27.9. The van der Waals surface area contributed by atoms with Crippen molar-refractivity contribution in [3.05, 3.63) is 29.6 Å². The van der Waals surface area contributed by atoms with Crippen LogP contribution in [0.3, 0.4) is 0 Å². The van der Waals surface area contributed by atoms with Gasteiger partial charge in [0, 0.05) is 25.6 Å². The standard InChI is InChI=1S/C24H35FN4O2/c25-21-13-18(20-6-8-23(30)28-24(20)31)3-7-22(21)29-11-9-17(10-12-29)15-27-14-16-1-4-19(26)5-2-16/h3,7,13,16-17,19-20,27H,1-2,4-6,8-12,14-15,26H2,(H,28,30,31). The fourth-order valence-electron chi connectivity index (χ4n) is 5.27. The third-order valence-corrected chi connectivity index (χ3v) is 7.33. The monoisotopic (exact) mass is 430 g/mol. The van der Waals surface area contributed by atoms with Gasteiger partial charge in [0.1, 0.15) is 5.82 Å². The number of benzene rings is 1. The first-order chi connectivity index (χ1) is 15.0. The van der Waals surface area contributed by atoms with Crippen LogP contribution in [0.4, 0.5) is 10.1 Å². The predicted molar refractivity (Wildman–Crippen MR) is 119 cm³/mol. The van der Waals surface area contributed by atoms with Crippen molar-refractivity contribution in [3.8, 4) is 0 Å². The highest BCUT2D eigenvalue weighted by Crippen LogP contribution is 2.31. The van der Waals surface area contributed by atoms with E-state index >= 15 is 0 Å². The zero-order chi connectivity index (χ0) is 21.8. The molecular formula is C24H35FN4O2. The molecule has 4 N–H and O–H groups in total. The van der Waals surface area contributed by atoms with Crippen LogP contribution in [0.15, 0.2) is 18.2 Å². The van der Waals surface area contributed by atoms with E-state index in [-0.39, 0.29) is 17.6 Å². The number of halogens is 1. The summed E-state index contributed by atoms with van der Waals surface area (Å²) in [5.74, 6) is 0.0865. The van der Waals surface area contributed by atoms with Gasteiger partial charge < -0.3 is 16.0 Å². The summed E-state index contributed by atoms with van der Waals surface area (Å²) in [6.45, 7) is 3.81. The lowest BCUT2D eigenvalue weighted by Gasteiger charge is -2.34. The molecule has 6 nitrogen and oxygen atoms in total. The van der Waals surface area contributed by atoms with Crippen LogP contribution in [0.5, 0.6) is 0 Å². The molecule has 1 atom stereocenters. The molecule has 0 aromatic heterocycles. The molecule has 3 fully saturated rings. The first-order valence-corrected chi connectivity index (χ1v) is 11.8. The molecule has 170 valence electrons. The van der Waals surface area contributed by atoms with Gasteiger partial charge >= 0.3 is 0 Å². The Morgan fingerprint density at radius 2 is 1.68 bits per heavy atom. The number of hydrogen-bond donors (Lipinski definition) is 3. The molecule has 2 heterocycles. The summed E-state index contributed by atoms with van der Waals surface area (Å²) in [5.41, 5.74) is 7.25. The molecule has 1 aliphatic carbocycles. The average Bonchev–Trinajstić information content (AvgIpc) is 2.76. The summed E-state index contributed by atoms with van der Waals surface area (Å²) in [6.07, 6.45) is 7.62. The first-order valence-electron chi connectivity index (χ1n) is 11.8. The number of rotatable bonds is 6. The maximum absolute atomic E-state index is 14.9. The molecular weight excluding hydrogens is 395 g/mol. The summed E-state index contributed by atoms with van der Waals surface area (Å²) < 4.78 is 14.9. The number of amides is 2. The molecule has 2 aliphatic heterocycles. The molecule has 0 bridgehead atoms.